The van der Waals surface area contributed by atoms with Crippen molar-refractivity contribution in [1.82, 2.24) is 9.88 Å². The number of carbonyl (C=O) groups is 1. The van der Waals surface area contributed by atoms with Gasteiger partial charge in [-0.05, 0) is 45.6 Å². The molecule has 2 atom stereocenters. The van der Waals surface area contributed by atoms with Crippen molar-refractivity contribution < 1.29 is 9.90 Å². The van der Waals surface area contributed by atoms with Crippen LogP contribution in [0.3, 0.4) is 0 Å². The Morgan fingerprint density at radius 3 is 2.71 bits per heavy atom. The van der Waals surface area contributed by atoms with Gasteiger partial charge in [-0.25, -0.2) is 0 Å². The zero-order valence-corrected chi connectivity index (χ0v) is 12.7. The maximum absolute atomic E-state index is 12.9. The van der Waals surface area contributed by atoms with Crippen molar-refractivity contribution in [3.05, 3.63) is 23.5 Å². The summed E-state index contributed by atoms with van der Waals surface area (Å²) in [6.07, 6.45) is 4.85. The second-order valence-electron chi connectivity index (χ2n) is 6.12. The molecule has 1 aromatic heterocycles. The quantitative estimate of drug-likeness (QED) is 0.892. The highest BCUT2D eigenvalue weighted by atomic mass is 16.3. The Morgan fingerprint density at radius 2 is 2.10 bits per heavy atom. The molecular formula is C16H23N3O2. The first-order chi connectivity index (χ1) is 10.1. The van der Waals surface area contributed by atoms with Crippen LogP contribution in [0.25, 0.3) is 0 Å². The standard InChI is InChI=1S/C16H23N3O2/c1-3-17-15-6-10(2)18-9-14(15)16(21)19-11-4-5-12(19)8-13(20)7-11/h6,9,11-13,20H,3-5,7-8H2,1-2H3,(H,17,18). The van der Waals surface area contributed by atoms with Gasteiger partial charge in [0, 0.05) is 30.5 Å². The summed E-state index contributed by atoms with van der Waals surface area (Å²) in [6, 6.07) is 2.29. The third-order valence-electron chi connectivity index (χ3n) is 4.58. The Labute approximate surface area is 125 Å². The number of aryl methyl sites for hydroxylation is 1. The largest absolute Gasteiger partial charge is 0.393 e. The minimum absolute atomic E-state index is 0.0536. The van der Waals surface area contributed by atoms with E-state index in [9.17, 15) is 9.90 Å². The molecule has 0 aromatic carbocycles. The summed E-state index contributed by atoms with van der Waals surface area (Å²) >= 11 is 0. The van der Waals surface area contributed by atoms with Gasteiger partial charge in [0.1, 0.15) is 0 Å². The monoisotopic (exact) mass is 289 g/mol. The summed E-state index contributed by atoms with van der Waals surface area (Å²) in [5, 5.41) is 13.1. The third-order valence-corrected chi connectivity index (χ3v) is 4.58. The number of anilines is 1. The maximum atomic E-state index is 12.9. The molecule has 0 aliphatic carbocycles. The van der Waals surface area contributed by atoms with Crippen LogP contribution in [-0.2, 0) is 0 Å². The number of aliphatic hydroxyl groups is 1. The van der Waals surface area contributed by atoms with Gasteiger partial charge in [-0.3, -0.25) is 9.78 Å². The van der Waals surface area contributed by atoms with E-state index in [1.807, 2.05) is 24.8 Å². The number of pyridine rings is 1. The topological polar surface area (TPSA) is 65.5 Å². The number of piperidine rings is 1. The van der Waals surface area contributed by atoms with E-state index in [1.165, 1.54) is 0 Å². The summed E-state index contributed by atoms with van der Waals surface area (Å²) in [5.41, 5.74) is 2.41. The Balaban J connectivity index is 1.89. The Bertz CT molecular complexity index is 532. The Morgan fingerprint density at radius 1 is 1.43 bits per heavy atom. The lowest BCUT2D eigenvalue weighted by Crippen LogP contribution is -2.48. The summed E-state index contributed by atoms with van der Waals surface area (Å²) in [7, 11) is 0. The molecular weight excluding hydrogens is 266 g/mol. The first-order valence-corrected chi connectivity index (χ1v) is 7.81. The van der Waals surface area contributed by atoms with Crippen molar-refractivity contribution in [1.29, 1.82) is 0 Å². The lowest BCUT2D eigenvalue weighted by atomic mass is 9.98. The summed E-state index contributed by atoms with van der Waals surface area (Å²) in [5.74, 6) is 0.0536. The van der Waals surface area contributed by atoms with Crippen molar-refractivity contribution in [2.45, 2.75) is 57.7 Å². The molecule has 2 N–H and O–H groups in total. The van der Waals surface area contributed by atoms with Crippen LogP contribution < -0.4 is 5.32 Å². The number of aliphatic hydroxyl groups excluding tert-OH is 1. The van der Waals surface area contributed by atoms with Gasteiger partial charge >= 0.3 is 0 Å². The molecule has 0 saturated carbocycles. The molecule has 2 saturated heterocycles. The average Bonchev–Trinajstić information content (AvgIpc) is 2.71. The van der Waals surface area contributed by atoms with Crippen molar-refractivity contribution in [2.24, 2.45) is 0 Å². The van der Waals surface area contributed by atoms with E-state index in [-0.39, 0.29) is 24.1 Å². The molecule has 3 heterocycles. The molecule has 114 valence electrons. The molecule has 2 unspecified atom stereocenters. The third kappa shape index (κ3) is 2.62. The number of fused-ring (bicyclic) bond motifs is 2. The maximum Gasteiger partial charge on any atom is 0.258 e. The molecule has 2 aliphatic heterocycles. The molecule has 0 spiro atoms. The molecule has 2 fully saturated rings. The van der Waals surface area contributed by atoms with Gasteiger partial charge in [0.25, 0.3) is 5.91 Å². The Kier molecular flexibility index (Phi) is 3.85. The van der Waals surface area contributed by atoms with Gasteiger partial charge in [0.2, 0.25) is 0 Å². The van der Waals surface area contributed by atoms with Crippen LogP contribution in [-0.4, -0.2) is 45.6 Å². The summed E-state index contributed by atoms with van der Waals surface area (Å²) in [4.78, 5) is 19.2. The van der Waals surface area contributed by atoms with Crippen LogP contribution in [0.4, 0.5) is 5.69 Å². The molecule has 1 aromatic rings. The molecule has 5 heteroatoms. The molecule has 1 amide bonds. The first-order valence-electron chi connectivity index (χ1n) is 7.81. The second kappa shape index (κ2) is 5.64. The number of hydrogen-bond acceptors (Lipinski definition) is 4. The lowest BCUT2D eigenvalue weighted by Gasteiger charge is -2.37. The van der Waals surface area contributed by atoms with E-state index in [0.717, 1.165) is 30.8 Å². The highest BCUT2D eigenvalue weighted by molar-refractivity contribution is 6.00. The smallest absolute Gasteiger partial charge is 0.258 e. The van der Waals surface area contributed by atoms with Crippen LogP contribution in [0.2, 0.25) is 0 Å². The van der Waals surface area contributed by atoms with Crippen LogP contribution >= 0.6 is 0 Å². The zero-order chi connectivity index (χ0) is 15.0. The fourth-order valence-corrected chi connectivity index (χ4v) is 3.69. The van der Waals surface area contributed by atoms with Gasteiger partial charge in [-0.1, -0.05) is 0 Å². The zero-order valence-electron chi connectivity index (χ0n) is 12.7. The molecule has 21 heavy (non-hydrogen) atoms. The SMILES string of the molecule is CCNc1cc(C)ncc1C(=O)N1C2CCC1CC(O)C2. The van der Waals surface area contributed by atoms with Crippen LogP contribution in [0.5, 0.6) is 0 Å². The van der Waals surface area contributed by atoms with Crippen molar-refractivity contribution >= 4 is 11.6 Å². The van der Waals surface area contributed by atoms with Gasteiger partial charge in [0.05, 0.1) is 17.4 Å². The minimum atomic E-state index is -0.254. The number of rotatable bonds is 3. The number of nitrogens with zero attached hydrogens (tertiary/aromatic N) is 2. The van der Waals surface area contributed by atoms with Gasteiger partial charge in [0.15, 0.2) is 0 Å². The van der Waals surface area contributed by atoms with Crippen molar-refractivity contribution in [2.75, 3.05) is 11.9 Å². The fraction of sp³-hybridized carbons (Fsp3) is 0.625. The van der Waals surface area contributed by atoms with E-state index >= 15 is 0 Å². The number of hydrogen-bond donors (Lipinski definition) is 2. The fourth-order valence-electron chi connectivity index (χ4n) is 3.69. The highest BCUT2D eigenvalue weighted by Crippen LogP contribution is 2.37. The number of amides is 1. The van der Waals surface area contributed by atoms with Crippen molar-refractivity contribution in [3.8, 4) is 0 Å². The summed E-state index contributed by atoms with van der Waals surface area (Å²) in [6.45, 7) is 4.72. The van der Waals surface area contributed by atoms with Crippen molar-refractivity contribution in [3.63, 3.8) is 0 Å². The molecule has 5 nitrogen and oxygen atoms in total. The predicted octanol–water partition coefficient (Wildman–Crippen LogP) is 1.95. The van der Waals surface area contributed by atoms with Crippen LogP contribution in [0, 0.1) is 6.92 Å². The lowest BCUT2D eigenvalue weighted by molar-refractivity contribution is 0.0287. The van der Waals surface area contributed by atoms with E-state index < -0.39 is 0 Å². The van der Waals surface area contributed by atoms with Crippen LogP contribution in [0.1, 0.15) is 48.7 Å². The Hall–Kier alpha value is -1.62. The number of carbonyl (C=O) groups excluding carboxylic acids is 1. The number of nitrogens with one attached hydrogen (secondary N) is 1. The highest BCUT2D eigenvalue weighted by Gasteiger charge is 2.43. The average molecular weight is 289 g/mol. The molecule has 2 aliphatic rings. The normalized spacial score (nSPS) is 27.8. The predicted molar refractivity (Wildman–Crippen MR) is 81.4 cm³/mol. The van der Waals surface area contributed by atoms with Gasteiger partial charge in [-0.15, -0.1) is 0 Å². The van der Waals surface area contributed by atoms with Crippen LogP contribution in [0.15, 0.2) is 12.3 Å². The minimum Gasteiger partial charge on any atom is -0.393 e. The molecule has 3 rings (SSSR count). The van der Waals surface area contributed by atoms with E-state index in [0.29, 0.717) is 18.4 Å². The number of aromatic nitrogens is 1. The van der Waals surface area contributed by atoms with E-state index in [4.69, 9.17) is 0 Å². The first kappa shape index (κ1) is 14.3. The van der Waals surface area contributed by atoms with E-state index in [1.54, 1.807) is 6.20 Å². The van der Waals surface area contributed by atoms with Gasteiger partial charge < -0.3 is 15.3 Å². The molecule has 0 radical (unpaired) electrons. The molecule has 2 bridgehead atoms. The van der Waals surface area contributed by atoms with E-state index in [2.05, 4.69) is 10.3 Å². The summed E-state index contributed by atoms with van der Waals surface area (Å²) < 4.78 is 0. The van der Waals surface area contributed by atoms with Gasteiger partial charge in [-0.2, -0.15) is 0 Å². The second-order valence-corrected chi connectivity index (χ2v) is 6.12.